The van der Waals surface area contributed by atoms with Crippen LogP contribution in [0.1, 0.15) is 51.6 Å². The Morgan fingerprint density at radius 3 is 2.76 bits per heavy atom. The summed E-state index contributed by atoms with van der Waals surface area (Å²) < 4.78 is 0. The highest BCUT2D eigenvalue weighted by Gasteiger charge is 2.05. The molecule has 0 aromatic carbocycles. The van der Waals surface area contributed by atoms with Gasteiger partial charge < -0.3 is 10.4 Å². The summed E-state index contributed by atoms with van der Waals surface area (Å²) in [6.07, 6.45) is 7.67. The maximum Gasteiger partial charge on any atom is 0.223 e. The minimum Gasteiger partial charge on any atom is -0.504 e. The number of anilines is 1. The van der Waals surface area contributed by atoms with Crippen LogP contribution in [-0.4, -0.2) is 21.1 Å². The number of aryl methyl sites for hydroxylation is 1. The van der Waals surface area contributed by atoms with Crippen molar-refractivity contribution in [1.29, 1.82) is 0 Å². The molecule has 4 heteroatoms. The Balaban J connectivity index is 2.34. The van der Waals surface area contributed by atoms with E-state index in [1.165, 1.54) is 31.9 Å². The van der Waals surface area contributed by atoms with Gasteiger partial charge in [-0.15, -0.1) is 0 Å². The number of rotatable bonds is 7. The molecule has 1 rings (SSSR count). The lowest BCUT2D eigenvalue weighted by molar-refractivity contribution is 0.464. The Morgan fingerprint density at radius 2 is 2.12 bits per heavy atom. The molecule has 0 amide bonds. The van der Waals surface area contributed by atoms with E-state index in [1.54, 1.807) is 6.92 Å². The van der Waals surface area contributed by atoms with Crippen LogP contribution < -0.4 is 5.32 Å². The number of unbranched alkanes of at least 4 members (excludes halogenated alkanes) is 3. The molecule has 0 aliphatic rings. The first-order valence-electron chi connectivity index (χ1n) is 6.42. The van der Waals surface area contributed by atoms with Crippen molar-refractivity contribution in [3.8, 4) is 5.75 Å². The molecule has 0 spiro atoms. The molecule has 0 bridgehead atoms. The van der Waals surface area contributed by atoms with Gasteiger partial charge >= 0.3 is 0 Å². The molecule has 1 heterocycles. The average molecular weight is 237 g/mol. The zero-order valence-corrected chi connectivity index (χ0v) is 11.0. The SMILES string of the molecule is CCCCCCC(C)Nc1ncc(O)c(C)n1. The van der Waals surface area contributed by atoms with Crippen molar-refractivity contribution in [1.82, 2.24) is 9.97 Å². The van der Waals surface area contributed by atoms with E-state index < -0.39 is 0 Å². The van der Waals surface area contributed by atoms with Crippen LogP contribution in [0.5, 0.6) is 5.75 Å². The zero-order valence-electron chi connectivity index (χ0n) is 11.0. The molecule has 0 saturated carbocycles. The van der Waals surface area contributed by atoms with E-state index in [0.29, 0.717) is 17.7 Å². The molecule has 0 radical (unpaired) electrons. The first-order valence-corrected chi connectivity index (χ1v) is 6.42. The highest BCUT2D eigenvalue weighted by molar-refractivity contribution is 5.32. The van der Waals surface area contributed by atoms with Gasteiger partial charge in [-0.25, -0.2) is 9.97 Å². The Bertz CT molecular complexity index is 341. The van der Waals surface area contributed by atoms with E-state index in [0.717, 1.165) is 6.42 Å². The summed E-state index contributed by atoms with van der Waals surface area (Å²) in [7, 11) is 0. The fourth-order valence-electron chi connectivity index (χ4n) is 1.70. The highest BCUT2D eigenvalue weighted by Crippen LogP contribution is 2.14. The average Bonchev–Trinajstić information content (AvgIpc) is 2.30. The Labute approximate surface area is 103 Å². The van der Waals surface area contributed by atoms with Crippen LogP contribution in [0.2, 0.25) is 0 Å². The van der Waals surface area contributed by atoms with Crippen LogP contribution in [0.4, 0.5) is 5.95 Å². The molecule has 1 aromatic heterocycles. The van der Waals surface area contributed by atoms with E-state index in [4.69, 9.17) is 0 Å². The highest BCUT2D eigenvalue weighted by atomic mass is 16.3. The van der Waals surface area contributed by atoms with Crippen LogP contribution in [0.15, 0.2) is 6.20 Å². The number of nitrogens with zero attached hydrogens (tertiary/aromatic N) is 2. The first kappa shape index (κ1) is 13.7. The molecule has 1 atom stereocenters. The van der Waals surface area contributed by atoms with Crippen molar-refractivity contribution < 1.29 is 5.11 Å². The van der Waals surface area contributed by atoms with Gasteiger partial charge in [0.2, 0.25) is 5.95 Å². The quantitative estimate of drug-likeness (QED) is 0.715. The number of hydrogen-bond acceptors (Lipinski definition) is 4. The van der Waals surface area contributed by atoms with Gasteiger partial charge in [0.25, 0.3) is 0 Å². The van der Waals surface area contributed by atoms with Crippen LogP contribution in [0, 0.1) is 6.92 Å². The number of aromatic hydroxyl groups is 1. The smallest absolute Gasteiger partial charge is 0.223 e. The molecule has 4 nitrogen and oxygen atoms in total. The third kappa shape index (κ3) is 5.02. The number of aromatic nitrogens is 2. The van der Waals surface area contributed by atoms with Gasteiger partial charge in [-0.3, -0.25) is 0 Å². The van der Waals surface area contributed by atoms with E-state index in [2.05, 4.69) is 29.1 Å². The summed E-state index contributed by atoms with van der Waals surface area (Å²) in [6, 6.07) is 0.371. The maximum absolute atomic E-state index is 9.33. The Kier molecular flexibility index (Phi) is 5.73. The molecule has 0 aliphatic heterocycles. The van der Waals surface area contributed by atoms with E-state index in [1.807, 2.05) is 0 Å². The van der Waals surface area contributed by atoms with Crippen molar-refractivity contribution in [2.24, 2.45) is 0 Å². The Hall–Kier alpha value is -1.32. The molecular weight excluding hydrogens is 214 g/mol. The molecular formula is C13H23N3O. The van der Waals surface area contributed by atoms with Crippen molar-refractivity contribution in [3.63, 3.8) is 0 Å². The molecule has 1 aromatic rings. The topological polar surface area (TPSA) is 58.0 Å². The second kappa shape index (κ2) is 7.09. The number of hydrogen-bond donors (Lipinski definition) is 2. The summed E-state index contributed by atoms with van der Waals surface area (Å²) in [5.74, 6) is 0.745. The van der Waals surface area contributed by atoms with Crippen LogP contribution in [0.25, 0.3) is 0 Å². The van der Waals surface area contributed by atoms with Crippen LogP contribution in [0.3, 0.4) is 0 Å². The fraction of sp³-hybridized carbons (Fsp3) is 0.692. The molecule has 96 valence electrons. The van der Waals surface area contributed by atoms with Gasteiger partial charge in [0, 0.05) is 6.04 Å². The van der Waals surface area contributed by atoms with E-state index >= 15 is 0 Å². The zero-order chi connectivity index (χ0) is 12.7. The minimum atomic E-state index is 0.145. The molecule has 0 saturated heterocycles. The van der Waals surface area contributed by atoms with Crippen molar-refractivity contribution in [3.05, 3.63) is 11.9 Å². The lowest BCUT2D eigenvalue weighted by atomic mass is 10.1. The third-order valence-corrected chi connectivity index (χ3v) is 2.82. The van der Waals surface area contributed by atoms with Crippen LogP contribution >= 0.6 is 0 Å². The predicted molar refractivity (Wildman–Crippen MR) is 70.3 cm³/mol. The van der Waals surface area contributed by atoms with Gasteiger partial charge in [0.15, 0.2) is 5.75 Å². The third-order valence-electron chi connectivity index (χ3n) is 2.82. The second-order valence-corrected chi connectivity index (χ2v) is 4.56. The van der Waals surface area contributed by atoms with Gasteiger partial charge in [0.05, 0.1) is 11.9 Å². The first-order chi connectivity index (χ1) is 8.13. The van der Waals surface area contributed by atoms with E-state index in [-0.39, 0.29) is 5.75 Å². The molecule has 17 heavy (non-hydrogen) atoms. The Morgan fingerprint density at radius 1 is 1.35 bits per heavy atom. The number of nitrogens with one attached hydrogen (secondary N) is 1. The van der Waals surface area contributed by atoms with Gasteiger partial charge in [0.1, 0.15) is 0 Å². The van der Waals surface area contributed by atoms with Gasteiger partial charge in [-0.2, -0.15) is 0 Å². The minimum absolute atomic E-state index is 0.145. The summed E-state index contributed by atoms with van der Waals surface area (Å²) in [5.41, 5.74) is 0.612. The lowest BCUT2D eigenvalue weighted by Crippen LogP contribution is -2.17. The van der Waals surface area contributed by atoms with Gasteiger partial charge in [-0.1, -0.05) is 32.6 Å². The van der Waals surface area contributed by atoms with Crippen LogP contribution in [-0.2, 0) is 0 Å². The van der Waals surface area contributed by atoms with Crippen molar-refractivity contribution in [2.75, 3.05) is 5.32 Å². The normalized spacial score (nSPS) is 12.4. The molecule has 0 aliphatic carbocycles. The van der Waals surface area contributed by atoms with Gasteiger partial charge in [-0.05, 0) is 20.3 Å². The van der Waals surface area contributed by atoms with E-state index in [9.17, 15) is 5.11 Å². The molecule has 1 unspecified atom stereocenters. The summed E-state index contributed by atoms with van der Waals surface area (Å²) in [6.45, 7) is 6.13. The van der Waals surface area contributed by atoms with Crippen molar-refractivity contribution >= 4 is 5.95 Å². The summed E-state index contributed by atoms with van der Waals surface area (Å²) >= 11 is 0. The fourth-order valence-corrected chi connectivity index (χ4v) is 1.70. The second-order valence-electron chi connectivity index (χ2n) is 4.56. The monoisotopic (exact) mass is 237 g/mol. The predicted octanol–water partition coefficient (Wildman–Crippen LogP) is 3.26. The molecule has 0 fully saturated rings. The standard InChI is InChI=1S/C13H23N3O/c1-4-5-6-7-8-10(2)15-13-14-9-12(17)11(3)16-13/h9-10,17H,4-8H2,1-3H3,(H,14,15,16). The maximum atomic E-state index is 9.33. The summed E-state index contributed by atoms with van der Waals surface area (Å²) in [4.78, 5) is 8.24. The lowest BCUT2D eigenvalue weighted by Gasteiger charge is -2.13. The largest absolute Gasteiger partial charge is 0.504 e. The summed E-state index contributed by atoms with van der Waals surface area (Å²) in [5, 5.41) is 12.6. The molecule has 2 N–H and O–H groups in total. The van der Waals surface area contributed by atoms with Crippen molar-refractivity contribution in [2.45, 2.75) is 58.9 Å².